The number of carbonyl (C=O) groups is 1. The van der Waals surface area contributed by atoms with Crippen LogP contribution in [0.4, 0.5) is 5.69 Å². The molecule has 1 N–H and O–H groups in total. The lowest BCUT2D eigenvalue weighted by molar-refractivity contribution is -0.119. The highest BCUT2D eigenvalue weighted by Crippen LogP contribution is 2.31. The Morgan fingerprint density at radius 2 is 2.00 bits per heavy atom. The topological polar surface area (TPSA) is 96.7 Å². The molecule has 2 aliphatic heterocycles. The smallest absolute Gasteiger partial charge is 0.285 e. The molecule has 9 heteroatoms. The molecule has 3 heterocycles. The van der Waals surface area contributed by atoms with E-state index in [1.54, 1.807) is 30.5 Å². The third kappa shape index (κ3) is 3.72. The quantitative estimate of drug-likeness (QED) is 0.679. The van der Waals surface area contributed by atoms with Gasteiger partial charge in [0.25, 0.3) is 10.0 Å². The Bertz CT molecular complexity index is 1270. The summed E-state index contributed by atoms with van der Waals surface area (Å²) >= 11 is 0. The van der Waals surface area contributed by atoms with E-state index < -0.39 is 16.1 Å². The number of rotatable bonds is 4. The van der Waals surface area contributed by atoms with Crippen LogP contribution >= 0.6 is 0 Å². The molecule has 0 aliphatic carbocycles. The Labute approximate surface area is 180 Å². The van der Waals surface area contributed by atoms with Crippen molar-refractivity contribution in [3.8, 4) is 0 Å². The van der Waals surface area contributed by atoms with Crippen LogP contribution in [0.5, 0.6) is 0 Å². The largest absolute Gasteiger partial charge is 0.343 e. The molecule has 1 fully saturated rings. The van der Waals surface area contributed by atoms with Crippen LogP contribution in [0.25, 0.3) is 0 Å². The van der Waals surface area contributed by atoms with Gasteiger partial charge in [-0.3, -0.25) is 9.48 Å². The summed E-state index contributed by atoms with van der Waals surface area (Å²) in [6.07, 6.45) is 5.04. The minimum Gasteiger partial charge on any atom is -0.343 e. The first-order valence-electron chi connectivity index (χ1n) is 10.1. The van der Waals surface area contributed by atoms with E-state index in [2.05, 4.69) is 14.8 Å². The first kappa shape index (κ1) is 19.5. The highest BCUT2D eigenvalue weighted by molar-refractivity contribution is 7.90. The molecule has 0 spiro atoms. The van der Waals surface area contributed by atoms with E-state index in [9.17, 15) is 13.2 Å². The van der Waals surface area contributed by atoms with Crippen molar-refractivity contribution in [1.29, 1.82) is 0 Å². The van der Waals surface area contributed by atoms with Gasteiger partial charge in [-0.25, -0.2) is 0 Å². The number of fused-ring (bicyclic) bond motifs is 1. The molecular weight excluding hydrogens is 414 g/mol. The average Bonchev–Trinajstić information content (AvgIpc) is 3.48. The number of hydrogen-bond acceptors (Lipinski definition) is 5. The van der Waals surface area contributed by atoms with Crippen molar-refractivity contribution in [2.45, 2.75) is 30.3 Å². The van der Waals surface area contributed by atoms with Gasteiger partial charge < -0.3 is 10.2 Å². The number of carbonyl (C=O) groups excluding carboxylic acids is 1. The summed E-state index contributed by atoms with van der Waals surface area (Å²) < 4.78 is 30.7. The Morgan fingerprint density at radius 3 is 2.84 bits per heavy atom. The van der Waals surface area contributed by atoms with Crippen LogP contribution in [-0.4, -0.2) is 47.4 Å². The Balaban J connectivity index is 1.36. The predicted molar refractivity (Wildman–Crippen MR) is 116 cm³/mol. The third-order valence-corrected chi connectivity index (χ3v) is 6.86. The van der Waals surface area contributed by atoms with Gasteiger partial charge in [0.15, 0.2) is 5.84 Å². The molecule has 1 amide bonds. The van der Waals surface area contributed by atoms with Crippen LogP contribution in [-0.2, 0) is 21.4 Å². The second kappa shape index (κ2) is 7.66. The van der Waals surface area contributed by atoms with Crippen LogP contribution in [0.2, 0.25) is 0 Å². The fourth-order valence-corrected chi connectivity index (χ4v) is 5.36. The van der Waals surface area contributed by atoms with E-state index in [1.165, 1.54) is 0 Å². The molecule has 1 saturated heterocycles. The number of anilines is 1. The van der Waals surface area contributed by atoms with E-state index in [-0.39, 0.29) is 10.8 Å². The molecule has 0 radical (unpaired) electrons. The number of benzene rings is 2. The molecule has 0 unspecified atom stereocenters. The van der Waals surface area contributed by atoms with Crippen LogP contribution in [0.1, 0.15) is 24.0 Å². The van der Waals surface area contributed by atoms with Crippen molar-refractivity contribution in [3.05, 3.63) is 78.1 Å². The van der Waals surface area contributed by atoms with Crippen molar-refractivity contribution < 1.29 is 13.2 Å². The van der Waals surface area contributed by atoms with Gasteiger partial charge in [-0.05, 0) is 48.7 Å². The van der Waals surface area contributed by atoms with E-state index >= 15 is 0 Å². The molecule has 158 valence electrons. The highest BCUT2D eigenvalue weighted by Gasteiger charge is 2.39. The summed E-state index contributed by atoms with van der Waals surface area (Å²) in [7, 11) is -3.72. The van der Waals surface area contributed by atoms with Crippen molar-refractivity contribution in [1.82, 2.24) is 14.7 Å². The fraction of sp³-hybridized carbons (Fsp3) is 0.227. The van der Waals surface area contributed by atoms with Gasteiger partial charge >= 0.3 is 0 Å². The molecule has 0 bridgehead atoms. The van der Waals surface area contributed by atoms with Gasteiger partial charge in [-0.2, -0.15) is 13.5 Å². The maximum atomic E-state index is 13.1. The lowest BCUT2D eigenvalue weighted by atomic mass is 10.1. The molecule has 3 aromatic rings. The predicted octanol–water partition coefficient (Wildman–Crippen LogP) is 2.48. The van der Waals surface area contributed by atoms with Crippen LogP contribution in [0, 0.1) is 0 Å². The summed E-state index contributed by atoms with van der Waals surface area (Å²) in [4.78, 5) is 15.1. The van der Waals surface area contributed by atoms with Crippen LogP contribution in [0.3, 0.4) is 0 Å². The summed E-state index contributed by atoms with van der Waals surface area (Å²) in [6.45, 7) is 1.19. The summed E-state index contributed by atoms with van der Waals surface area (Å²) in [5.74, 6) is 0.193. The molecule has 0 saturated carbocycles. The van der Waals surface area contributed by atoms with Gasteiger partial charge in [0.05, 0.1) is 6.54 Å². The molecule has 1 aromatic heterocycles. The molecule has 8 nitrogen and oxygen atoms in total. The van der Waals surface area contributed by atoms with E-state index in [0.717, 1.165) is 12.0 Å². The van der Waals surface area contributed by atoms with E-state index in [4.69, 9.17) is 0 Å². The third-order valence-electron chi connectivity index (χ3n) is 5.54. The highest BCUT2D eigenvalue weighted by atomic mass is 32.2. The summed E-state index contributed by atoms with van der Waals surface area (Å²) in [6, 6.07) is 15.8. The van der Waals surface area contributed by atoms with Crippen LogP contribution in [0.15, 0.2) is 76.3 Å². The van der Waals surface area contributed by atoms with Crippen molar-refractivity contribution in [2.75, 3.05) is 11.9 Å². The number of amidine groups is 1. The Kier molecular flexibility index (Phi) is 4.82. The normalized spacial score (nSPS) is 19.2. The molecule has 31 heavy (non-hydrogen) atoms. The van der Waals surface area contributed by atoms with Crippen molar-refractivity contribution >= 4 is 27.5 Å². The maximum absolute atomic E-state index is 13.1. The van der Waals surface area contributed by atoms with Crippen molar-refractivity contribution in [3.63, 3.8) is 0 Å². The molecule has 2 aliphatic rings. The zero-order valence-corrected chi connectivity index (χ0v) is 17.5. The second-order valence-corrected chi connectivity index (χ2v) is 9.20. The van der Waals surface area contributed by atoms with Gasteiger partial charge in [0, 0.05) is 30.2 Å². The van der Waals surface area contributed by atoms with Gasteiger partial charge in [-0.15, -0.1) is 4.40 Å². The number of nitrogens with one attached hydrogen (secondary N) is 1. The molecular formula is C22H21N5O3S. The SMILES string of the molecule is O=C(Nc1cccc(Cn2cccn2)c1)[C@@H]1CCCN1C1=NS(=O)(=O)c2ccccc21. The summed E-state index contributed by atoms with van der Waals surface area (Å²) in [5, 5.41) is 7.20. The lowest BCUT2D eigenvalue weighted by Gasteiger charge is -2.25. The number of aromatic nitrogens is 2. The summed E-state index contributed by atoms with van der Waals surface area (Å²) in [5.41, 5.74) is 2.27. The number of hydrogen-bond donors (Lipinski definition) is 1. The van der Waals surface area contributed by atoms with E-state index in [1.807, 2.05) is 46.1 Å². The fourth-order valence-electron chi connectivity index (χ4n) is 4.14. The second-order valence-electron chi connectivity index (χ2n) is 7.63. The lowest BCUT2D eigenvalue weighted by Crippen LogP contribution is -2.43. The van der Waals surface area contributed by atoms with Gasteiger partial charge in [-0.1, -0.05) is 24.3 Å². The number of likely N-dealkylation sites (tertiary alicyclic amines) is 1. The first-order valence-corrected chi connectivity index (χ1v) is 11.5. The zero-order valence-electron chi connectivity index (χ0n) is 16.7. The monoisotopic (exact) mass is 435 g/mol. The number of sulfonamides is 1. The zero-order chi connectivity index (χ0) is 21.4. The Morgan fingerprint density at radius 1 is 1.13 bits per heavy atom. The standard InChI is InChI=1S/C22H21N5O3S/c28-22(24-17-7-3-6-16(14-17)15-26-12-5-11-23-26)19-9-4-13-27(19)21-18-8-1-2-10-20(18)31(29,30)25-21/h1-3,5-8,10-12,14,19H,4,9,13,15H2,(H,24,28)/t19-/m0/s1. The maximum Gasteiger partial charge on any atom is 0.285 e. The van der Waals surface area contributed by atoms with Gasteiger partial charge in [0.2, 0.25) is 5.91 Å². The van der Waals surface area contributed by atoms with E-state index in [0.29, 0.717) is 36.6 Å². The number of nitrogens with zero attached hydrogens (tertiary/aromatic N) is 4. The van der Waals surface area contributed by atoms with Crippen molar-refractivity contribution in [2.24, 2.45) is 4.40 Å². The number of amides is 1. The minimum atomic E-state index is -3.72. The van der Waals surface area contributed by atoms with Crippen LogP contribution < -0.4 is 5.32 Å². The average molecular weight is 436 g/mol. The van der Waals surface area contributed by atoms with Gasteiger partial charge in [0.1, 0.15) is 10.9 Å². The Hall–Kier alpha value is -3.46. The first-order chi connectivity index (χ1) is 15.0. The molecule has 2 aromatic carbocycles. The minimum absolute atomic E-state index is 0.168. The molecule has 1 atom stereocenters. The molecule has 5 rings (SSSR count).